The molecule has 0 radical (unpaired) electrons. The quantitative estimate of drug-likeness (QED) is 0.750. The van der Waals surface area contributed by atoms with Crippen LogP contribution in [0.2, 0.25) is 0 Å². The van der Waals surface area contributed by atoms with Crippen LogP contribution in [-0.4, -0.2) is 29.8 Å². The molecule has 0 bridgehead atoms. The number of halogens is 1. The molecule has 1 N–H and O–H groups in total. The average molecular weight is 375 g/mol. The van der Waals surface area contributed by atoms with Crippen molar-refractivity contribution in [3.05, 3.63) is 35.9 Å². The van der Waals surface area contributed by atoms with Crippen molar-refractivity contribution in [2.24, 2.45) is 11.8 Å². The summed E-state index contributed by atoms with van der Waals surface area (Å²) in [5.41, 5.74) is 1.34. The molecule has 2 aromatic heterocycles. The molecule has 0 aliphatic heterocycles. The number of hydrogen-bond acceptors (Lipinski definition) is 5. The van der Waals surface area contributed by atoms with Gasteiger partial charge < -0.3 is 9.47 Å². The highest BCUT2D eigenvalue weighted by atomic mass is 19.1. The molecular formula is C20H26FN3O3. The minimum atomic E-state index is -0.677. The summed E-state index contributed by atoms with van der Waals surface area (Å²) in [5.74, 6) is 1.38. The molecule has 0 aliphatic carbocycles. The van der Waals surface area contributed by atoms with Crippen molar-refractivity contribution >= 4 is 11.9 Å². The Morgan fingerprint density at radius 3 is 2.67 bits per heavy atom. The van der Waals surface area contributed by atoms with Crippen molar-refractivity contribution in [2.45, 2.75) is 34.1 Å². The van der Waals surface area contributed by atoms with Gasteiger partial charge in [-0.25, -0.2) is 19.2 Å². The minimum Gasteiger partial charge on any atom is -0.491 e. The summed E-state index contributed by atoms with van der Waals surface area (Å²) in [4.78, 5) is 19.6. The van der Waals surface area contributed by atoms with Gasteiger partial charge in [-0.2, -0.15) is 0 Å². The molecule has 0 aliphatic rings. The number of methoxy groups -OCH3 is 1. The van der Waals surface area contributed by atoms with Gasteiger partial charge in [-0.3, -0.25) is 5.32 Å². The molecule has 2 heterocycles. The summed E-state index contributed by atoms with van der Waals surface area (Å²) in [6.45, 7) is 8.95. The number of pyridine rings is 2. The lowest BCUT2D eigenvalue weighted by Crippen LogP contribution is -2.12. The van der Waals surface area contributed by atoms with Gasteiger partial charge in [0.1, 0.15) is 11.6 Å². The van der Waals surface area contributed by atoms with Crippen LogP contribution in [0.5, 0.6) is 5.75 Å². The van der Waals surface area contributed by atoms with E-state index < -0.39 is 11.9 Å². The van der Waals surface area contributed by atoms with E-state index in [1.54, 1.807) is 12.1 Å². The first-order chi connectivity index (χ1) is 12.8. The van der Waals surface area contributed by atoms with Gasteiger partial charge in [0, 0.05) is 5.56 Å². The summed E-state index contributed by atoms with van der Waals surface area (Å²) in [6, 6.07) is 4.89. The highest BCUT2D eigenvalue weighted by Gasteiger charge is 2.13. The van der Waals surface area contributed by atoms with E-state index in [-0.39, 0.29) is 11.4 Å². The van der Waals surface area contributed by atoms with Crippen LogP contribution in [0.4, 0.5) is 15.0 Å². The number of carbonyl (C=O) groups excluding carboxylic acids is 1. The number of amides is 1. The topological polar surface area (TPSA) is 73.3 Å². The fourth-order valence-corrected chi connectivity index (χ4v) is 2.81. The van der Waals surface area contributed by atoms with Crippen molar-refractivity contribution in [1.82, 2.24) is 9.97 Å². The van der Waals surface area contributed by atoms with E-state index in [9.17, 15) is 9.18 Å². The zero-order valence-electron chi connectivity index (χ0n) is 16.4. The number of aromatic nitrogens is 2. The Morgan fingerprint density at radius 1 is 1.30 bits per heavy atom. The fourth-order valence-electron chi connectivity index (χ4n) is 2.81. The monoisotopic (exact) mass is 375 g/mol. The van der Waals surface area contributed by atoms with E-state index in [1.165, 1.54) is 13.2 Å². The number of rotatable bonds is 7. The Balaban J connectivity index is 2.17. The zero-order valence-corrected chi connectivity index (χ0v) is 16.4. The summed E-state index contributed by atoms with van der Waals surface area (Å²) in [5, 5.41) is 2.41. The molecule has 1 amide bonds. The standard InChI is InChI=1S/C20H26FN3O3/c1-12(2)8-13(3)11-27-18-7-6-17(23-14(18)4)15-9-19(22-10-16(15)21)24-20(25)26-5/h6-7,9-10,12-13H,8,11H2,1-5H3,(H,22,24,25). The summed E-state index contributed by atoms with van der Waals surface area (Å²) in [6.07, 6.45) is 1.45. The molecule has 27 heavy (non-hydrogen) atoms. The third-order valence-corrected chi connectivity index (χ3v) is 3.98. The normalized spacial score (nSPS) is 12.0. The number of hydrogen-bond donors (Lipinski definition) is 1. The lowest BCUT2D eigenvalue weighted by atomic mass is 10.00. The first-order valence-corrected chi connectivity index (χ1v) is 8.91. The van der Waals surface area contributed by atoms with Crippen LogP contribution in [0.3, 0.4) is 0 Å². The Bertz CT molecular complexity index is 796. The van der Waals surface area contributed by atoms with Crippen LogP contribution in [-0.2, 0) is 4.74 Å². The third kappa shape index (κ3) is 5.91. The predicted molar refractivity (Wildman–Crippen MR) is 102 cm³/mol. The predicted octanol–water partition coefficient (Wildman–Crippen LogP) is 4.83. The van der Waals surface area contributed by atoms with E-state index in [4.69, 9.17) is 4.74 Å². The van der Waals surface area contributed by atoms with Crippen LogP contribution in [0.25, 0.3) is 11.3 Å². The average Bonchev–Trinajstić information content (AvgIpc) is 2.61. The van der Waals surface area contributed by atoms with Gasteiger partial charge in [0.15, 0.2) is 5.82 Å². The highest BCUT2D eigenvalue weighted by Crippen LogP contribution is 2.27. The van der Waals surface area contributed by atoms with Crippen LogP contribution in [0, 0.1) is 24.6 Å². The minimum absolute atomic E-state index is 0.181. The Labute approximate surface area is 159 Å². The van der Waals surface area contributed by atoms with E-state index in [0.29, 0.717) is 35.6 Å². The van der Waals surface area contributed by atoms with Crippen molar-refractivity contribution in [3.8, 4) is 17.0 Å². The summed E-state index contributed by atoms with van der Waals surface area (Å²) in [7, 11) is 1.24. The molecule has 0 fully saturated rings. The molecule has 0 saturated carbocycles. The second kappa shape index (κ2) is 9.30. The SMILES string of the molecule is COC(=O)Nc1cc(-c2ccc(OCC(C)CC(C)C)c(C)n2)c(F)cn1. The molecule has 2 rings (SSSR count). The first kappa shape index (κ1) is 20.6. The Kier molecular flexibility index (Phi) is 7.10. The number of carbonyl (C=O) groups is 1. The van der Waals surface area contributed by atoms with Crippen molar-refractivity contribution in [2.75, 3.05) is 19.0 Å². The lowest BCUT2D eigenvalue weighted by Gasteiger charge is -2.16. The number of nitrogens with zero attached hydrogens (tertiary/aromatic N) is 2. The second-order valence-electron chi connectivity index (χ2n) is 6.99. The number of anilines is 1. The van der Waals surface area contributed by atoms with Gasteiger partial charge in [-0.15, -0.1) is 0 Å². The molecule has 0 saturated heterocycles. The number of nitrogens with one attached hydrogen (secondary N) is 1. The van der Waals surface area contributed by atoms with Gasteiger partial charge in [-0.05, 0) is 43.4 Å². The molecule has 6 nitrogen and oxygen atoms in total. The molecule has 1 unspecified atom stereocenters. The van der Waals surface area contributed by atoms with Gasteiger partial charge in [0.25, 0.3) is 0 Å². The van der Waals surface area contributed by atoms with E-state index in [2.05, 4.69) is 40.8 Å². The smallest absolute Gasteiger partial charge is 0.412 e. The van der Waals surface area contributed by atoms with Crippen LogP contribution in [0.15, 0.2) is 24.4 Å². The summed E-state index contributed by atoms with van der Waals surface area (Å²) >= 11 is 0. The lowest BCUT2D eigenvalue weighted by molar-refractivity contribution is 0.187. The van der Waals surface area contributed by atoms with Crippen molar-refractivity contribution in [1.29, 1.82) is 0 Å². The summed E-state index contributed by atoms with van der Waals surface area (Å²) < 4.78 is 24.6. The Morgan fingerprint density at radius 2 is 2.04 bits per heavy atom. The molecule has 0 aromatic carbocycles. The van der Waals surface area contributed by atoms with E-state index in [1.807, 2.05) is 6.92 Å². The van der Waals surface area contributed by atoms with Crippen molar-refractivity contribution in [3.63, 3.8) is 0 Å². The van der Waals surface area contributed by atoms with Gasteiger partial charge in [-0.1, -0.05) is 20.8 Å². The maximum absolute atomic E-state index is 14.2. The van der Waals surface area contributed by atoms with Gasteiger partial charge in [0.05, 0.1) is 31.3 Å². The van der Waals surface area contributed by atoms with Gasteiger partial charge in [0.2, 0.25) is 0 Å². The third-order valence-electron chi connectivity index (χ3n) is 3.98. The largest absolute Gasteiger partial charge is 0.491 e. The van der Waals surface area contributed by atoms with Crippen LogP contribution in [0.1, 0.15) is 32.9 Å². The number of ether oxygens (including phenoxy) is 2. The molecule has 146 valence electrons. The highest BCUT2D eigenvalue weighted by molar-refractivity contribution is 5.84. The van der Waals surface area contributed by atoms with E-state index >= 15 is 0 Å². The Hall–Kier alpha value is -2.70. The fraction of sp³-hybridized carbons (Fsp3) is 0.450. The maximum atomic E-state index is 14.2. The molecule has 0 spiro atoms. The van der Waals surface area contributed by atoms with Gasteiger partial charge >= 0.3 is 6.09 Å². The zero-order chi connectivity index (χ0) is 20.0. The van der Waals surface area contributed by atoms with Crippen LogP contribution < -0.4 is 10.1 Å². The molecule has 7 heteroatoms. The second-order valence-corrected chi connectivity index (χ2v) is 6.99. The molecular weight excluding hydrogens is 349 g/mol. The molecule has 2 aromatic rings. The van der Waals surface area contributed by atoms with Crippen molar-refractivity contribution < 1.29 is 18.7 Å². The van der Waals surface area contributed by atoms with E-state index in [0.717, 1.165) is 12.6 Å². The first-order valence-electron chi connectivity index (χ1n) is 8.91. The maximum Gasteiger partial charge on any atom is 0.412 e. The molecule has 1 atom stereocenters. The number of aryl methyl sites for hydroxylation is 1. The van der Waals surface area contributed by atoms with Crippen LogP contribution >= 0.6 is 0 Å².